The van der Waals surface area contributed by atoms with Gasteiger partial charge in [0, 0.05) is 35.2 Å². The van der Waals surface area contributed by atoms with Gasteiger partial charge in [0.25, 0.3) is 11.8 Å². The first-order chi connectivity index (χ1) is 16.5. The molecule has 0 aliphatic heterocycles. The van der Waals surface area contributed by atoms with E-state index in [0.717, 1.165) is 56.5 Å². The molecular weight excluding hydrogens is 510 g/mol. The van der Waals surface area contributed by atoms with Gasteiger partial charge in [-0.3, -0.25) is 9.59 Å². The van der Waals surface area contributed by atoms with Gasteiger partial charge in [-0.15, -0.1) is 11.3 Å². The molecular formula is C27H26BrN3O2S. The number of amides is 2. The largest absolute Gasteiger partial charge is 0.355 e. The number of rotatable bonds is 5. The van der Waals surface area contributed by atoms with Crippen LogP contribution in [0.4, 0.5) is 0 Å². The molecule has 34 heavy (non-hydrogen) atoms. The van der Waals surface area contributed by atoms with Crippen LogP contribution < -0.4 is 10.6 Å². The average Bonchev–Trinajstić information content (AvgIpc) is 3.47. The number of fused-ring (bicyclic) bond motifs is 1. The van der Waals surface area contributed by atoms with Gasteiger partial charge < -0.3 is 15.6 Å². The number of thiophene rings is 1. The standard InChI is InChI=1S/C27H26BrN3O2S/c1-29-26(32)18-10-11-20-21(15-18)31-25(16-6-3-2-4-7-16)24(20)17-8-5-9-19(14-17)30-27(33)22-12-13-23(28)34-22/h2-4,6-7,10-13,15,17,19,31H,5,8-9,14H2,1H3,(H,29,32)(H,30,33). The van der Waals surface area contributed by atoms with Crippen molar-refractivity contribution in [3.63, 3.8) is 0 Å². The van der Waals surface area contributed by atoms with Crippen LogP contribution in [0.1, 0.15) is 57.2 Å². The van der Waals surface area contributed by atoms with Crippen LogP contribution in [0.5, 0.6) is 0 Å². The van der Waals surface area contributed by atoms with Crippen LogP contribution in [0, 0.1) is 0 Å². The number of aromatic amines is 1. The maximum Gasteiger partial charge on any atom is 0.261 e. The maximum atomic E-state index is 12.8. The minimum Gasteiger partial charge on any atom is -0.355 e. The molecule has 0 bridgehead atoms. The maximum absolute atomic E-state index is 12.8. The number of aromatic nitrogens is 1. The smallest absolute Gasteiger partial charge is 0.261 e. The highest BCUT2D eigenvalue weighted by Crippen LogP contribution is 2.42. The van der Waals surface area contributed by atoms with Crippen molar-refractivity contribution in [1.29, 1.82) is 0 Å². The Labute approximate surface area is 211 Å². The molecule has 1 saturated carbocycles. The van der Waals surface area contributed by atoms with Crippen LogP contribution in [0.15, 0.2) is 64.5 Å². The molecule has 0 spiro atoms. The summed E-state index contributed by atoms with van der Waals surface area (Å²) in [5.41, 5.74) is 5.11. The zero-order valence-electron chi connectivity index (χ0n) is 18.9. The van der Waals surface area contributed by atoms with Crippen LogP contribution in [-0.2, 0) is 0 Å². The van der Waals surface area contributed by atoms with Gasteiger partial charge in [-0.1, -0.05) is 42.8 Å². The number of H-pyrrole nitrogens is 1. The topological polar surface area (TPSA) is 74.0 Å². The Bertz CT molecular complexity index is 1340. The van der Waals surface area contributed by atoms with Gasteiger partial charge >= 0.3 is 0 Å². The van der Waals surface area contributed by atoms with E-state index in [0.29, 0.717) is 11.5 Å². The lowest BCUT2D eigenvalue weighted by Gasteiger charge is -2.30. The summed E-state index contributed by atoms with van der Waals surface area (Å²) in [7, 11) is 1.65. The van der Waals surface area contributed by atoms with Crippen molar-refractivity contribution >= 4 is 50.0 Å². The van der Waals surface area contributed by atoms with Crippen molar-refractivity contribution in [3.8, 4) is 11.3 Å². The summed E-state index contributed by atoms with van der Waals surface area (Å²) in [4.78, 5) is 29.3. The highest BCUT2D eigenvalue weighted by molar-refractivity contribution is 9.11. The molecule has 2 unspecified atom stereocenters. The van der Waals surface area contributed by atoms with Crippen molar-refractivity contribution < 1.29 is 9.59 Å². The van der Waals surface area contributed by atoms with Crippen LogP contribution in [0.25, 0.3) is 22.2 Å². The molecule has 5 rings (SSSR count). The number of hydrogen-bond donors (Lipinski definition) is 3. The van der Waals surface area contributed by atoms with Crippen LogP contribution in [-0.4, -0.2) is 29.9 Å². The molecule has 2 aromatic heterocycles. The summed E-state index contributed by atoms with van der Waals surface area (Å²) in [5.74, 6) is 0.211. The first kappa shape index (κ1) is 22.9. The Balaban J connectivity index is 1.49. The molecule has 1 fully saturated rings. The normalized spacial score (nSPS) is 18.1. The third kappa shape index (κ3) is 4.55. The van der Waals surface area contributed by atoms with E-state index in [2.05, 4.69) is 49.7 Å². The average molecular weight is 536 g/mol. The minimum atomic E-state index is -0.0973. The van der Waals surface area contributed by atoms with Crippen molar-refractivity contribution in [2.75, 3.05) is 7.05 Å². The monoisotopic (exact) mass is 535 g/mol. The second kappa shape index (κ2) is 9.76. The number of hydrogen-bond acceptors (Lipinski definition) is 3. The van der Waals surface area contributed by atoms with E-state index < -0.39 is 0 Å². The Morgan fingerprint density at radius 1 is 1.03 bits per heavy atom. The van der Waals surface area contributed by atoms with Crippen LogP contribution in [0.3, 0.4) is 0 Å². The molecule has 1 aliphatic rings. The SMILES string of the molecule is CNC(=O)c1ccc2c(C3CCCC(NC(=O)c4ccc(Br)s4)C3)c(-c3ccccc3)[nH]c2c1. The lowest BCUT2D eigenvalue weighted by molar-refractivity contribution is 0.0927. The Morgan fingerprint density at radius 3 is 2.59 bits per heavy atom. The second-order valence-electron chi connectivity index (χ2n) is 8.76. The predicted molar refractivity (Wildman–Crippen MR) is 142 cm³/mol. The van der Waals surface area contributed by atoms with E-state index in [1.807, 2.05) is 42.5 Å². The van der Waals surface area contributed by atoms with Crippen molar-refractivity contribution in [3.05, 3.63) is 80.5 Å². The lowest BCUT2D eigenvalue weighted by Crippen LogP contribution is -2.37. The molecule has 1 aliphatic carbocycles. The molecule has 5 nitrogen and oxygen atoms in total. The molecule has 7 heteroatoms. The van der Waals surface area contributed by atoms with Gasteiger partial charge in [-0.25, -0.2) is 0 Å². The summed E-state index contributed by atoms with van der Waals surface area (Å²) in [6, 6.07) is 20.1. The summed E-state index contributed by atoms with van der Waals surface area (Å²) in [6.07, 6.45) is 4.00. The Morgan fingerprint density at radius 2 is 1.85 bits per heavy atom. The zero-order chi connectivity index (χ0) is 23.7. The number of carbonyl (C=O) groups is 2. The molecule has 4 aromatic rings. The van der Waals surface area contributed by atoms with E-state index in [4.69, 9.17) is 0 Å². The second-order valence-corrected chi connectivity index (χ2v) is 11.2. The zero-order valence-corrected chi connectivity index (χ0v) is 21.3. The van der Waals surface area contributed by atoms with Crippen LogP contribution in [0.2, 0.25) is 0 Å². The van der Waals surface area contributed by atoms with E-state index >= 15 is 0 Å². The predicted octanol–water partition coefficient (Wildman–Crippen LogP) is 6.47. The fourth-order valence-electron chi connectivity index (χ4n) is 5.04. The molecule has 2 atom stereocenters. The Kier molecular flexibility index (Phi) is 6.57. The number of benzene rings is 2. The molecule has 174 valence electrons. The quantitative estimate of drug-likeness (QED) is 0.273. The van der Waals surface area contributed by atoms with E-state index in [9.17, 15) is 9.59 Å². The van der Waals surface area contributed by atoms with Crippen molar-refractivity contribution in [2.45, 2.75) is 37.6 Å². The highest BCUT2D eigenvalue weighted by atomic mass is 79.9. The van der Waals surface area contributed by atoms with E-state index in [1.54, 1.807) is 7.05 Å². The molecule has 0 radical (unpaired) electrons. The molecule has 2 heterocycles. The van der Waals surface area contributed by atoms with Gasteiger partial charge in [0.2, 0.25) is 0 Å². The van der Waals surface area contributed by atoms with Gasteiger partial charge in [0.1, 0.15) is 0 Å². The number of nitrogens with one attached hydrogen (secondary N) is 3. The minimum absolute atomic E-state index is 0.00113. The molecule has 0 saturated heterocycles. The van der Waals surface area contributed by atoms with Gasteiger partial charge in [-0.2, -0.15) is 0 Å². The first-order valence-electron chi connectivity index (χ1n) is 11.5. The summed E-state index contributed by atoms with van der Waals surface area (Å²) < 4.78 is 0.960. The summed E-state index contributed by atoms with van der Waals surface area (Å²) >= 11 is 4.90. The number of halogens is 1. The summed E-state index contributed by atoms with van der Waals surface area (Å²) in [5, 5.41) is 7.12. The molecule has 2 amide bonds. The Hall–Kier alpha value is -2.90. The van der Waals surface area contributed by atoms with Gasteiger partial charge in [-0.05, 0) is 76.5 Å². The lowest BCUT2D eigenvalue weighted by atomic mass is 9.79. The third-order valence-corrected chi connectivity index (χ3v) is 8.23. The van der Waals surface area contributed by atoms with Crippen LogP contribution >= 0.6 is 27.3 Å². The highest BCUT2D eigenvalue weighted by Gasteiger charge is 2.29. The van der Waals surface area contributed by atoms with Crippen molar-refractivity contribution in [2.24, 2.45) is 0 Å². The van der Waals surface area contributed by atoms with Gasteiger partial charge in [0.15, 0.2) is 0 Å². The number of carbonyl (C=O) groups excluding carboxylic acids is 2. The molecule has 2 aromatic carbocycles. The third-order valence-electron chi connectivity index (χ3n) is 6.61. The van der Waals surface area contributed by atoms with Gasteiger partial charge in [0.05, 0.1) is 8.66 Å². The summed E-state index contributed by atoms with van der Waals surface area (Å²) in [6.45, 7) is 0. The van der Waals surface area contributed by atoms with Crippen molar-refractivity contribution in [1.82, 2.24) is 15.6 Å². The fourth-order valence-corrected chi connectivity index (χ4v) is 6.33. The van der Waals surface area contributed by atoms with E-state index in [-0.39, 0.29) is 17.9 Å². The molecule has 3 N–H and O–H groups in total. The fraction of sp³-hybridized carbons (Fsp3) is 0.259. The first-order valence-corrected chi connectivity index (χ1v) is 13.1. The van der Waals surface area contributed by atoms with E-state index in [1.165, 1.54) is 16.9 Å².